The molecule has 0 saturated carbocycles. The van der Waals surface area contributed by atoms with Gasteiger partial charge in [-0.1, -0.05) is 55.0 Å². The van der Waals surface area contributed by atoms with Crippen molar-refractivity contribution >= 4 is 0 Å². The van der Waals surface area contributed by atoms with Crippen LogP contribution in [0, 0.1) is 0 Å². The number of fused-ring (bicyclic) bond motifs is 3. The predicted octanol–water partition coefficient (Wildman–Crippen LogP) is 3.57. The number of piperidine rings is 1. The molecule has 2 N–H and O–H groups in total. The Labute approximate surface area is 126 Å². The maximum absolute atomic E-state index is 6.06. The molecule has 2 nitrogen and oxygen atoms in total. The van der Waals surface area contributed by atoms with Crippen molar-refractivity contribution in [2.45, 2.75) is 31.3 Å². The number of benzene rings is 2. The second-order valence-corrected chi connectivity index (χ2v) is 6.20. The summed E-state index contributed by atoms with van der Waals surface area (Å²) in [7, 11) is 0. The van der Waals surface area contributed by atoms with Crippen LogP contribution in [0.3, 0.4) is 0 Å². The van der Waals surface area contributed by atoms with Gasteiger partial charge in [0, 0.05) is 12.6 Å². The summed E-state index contributed by atoms with van der Waals surface area (Å²) in [5.41, 5.74) is 11.8. The van der Waals surface area contributed by atoms with Crippen molar-refractivity contribution in [3.05, 3.63) is 59.7 Å². The molecule has 1 fully saturated rings. The van der Waals surface area contributed by atoms with Gasteiger partial charge in [-0.3, -0.25) is 4.90 Å². The SMILES string of the molecule is NCC1CCCCN1C1c2ccccc2-c2ccccc21. The summed E-state index contributed by atoms with van der Waals surface area (Å²) >= 11 is 0. The molecule has 1 saturated heterocycles. The molecule has 0 amide bonds. The highest BCUT2D eigenvalue weighted by Crippen LogP contribution is 2.47. The highest BCUT2D eigenvalue weighted by molar-refractivity contribution is 5.78. The van der Waals surface area contributed by atoms with Crippen molar-refractivity contribution in [1.82, 2.24) is 4.90 Å². The first-order chi connectivity index (χ1) is 10.4. The molecule has 2 aliphatic rings. The highest BCUT2D eigenvalue weighted by Gasteiger charge is 2.36. The van der Waals surface area contributed by atoms with Gasteiger partial charge in [-0.05, 0) is 41.6 Å². The van der Waals surface area contributed by atoms with Gasteiger partial charge >= 0.3 is 0 Å². The van der Waals surface area contributed by atoms with E-state index in [1.54, 1.807) is 0 Å². The molecule has 1 atom stereocenters. The second-order valence-electron chi connectivity index (χ2n) is 6.20. The first kappa shape index (κ1) is 13.1. The van der Waals surface area contributed by atoms with Crippen LogP contribution in [0.4, 0.5) is 0 Å². The largest absolute Gasteiger partial charge is 0.329 e. The van der Waals surface area contributed by atoms with Crippen molar-refractivity contribution < 1.29 is 0 Å². The predicted molar refractivity (Wildman–Crippen MR) is 87.1 cm³/mol. The van der Waals surface area contributed by atoms with E-state index in [1.807, 2.05) is 0 Å². The number of hydrogen-bond donors (Lipinski definition) is 1. The zero-order chi connectivity index (χ0) is 14.2. The molecule has 0 radical (unpaired) electrons. The first-order valence-electron chi connectivity index (χ1n) is 8.04. The second kappa shape index (κ2) is 5.28. The zero-order valence-corrected chi connectivity index (χ0v) is 12.3. The summed E-state index contributed by atoms with van der Waals surface area (Å²) in [4.78, 5) is 2.65. The Balaban J connectivity index is 1.84. The normalized spacial score (nSPS) is 22.0. The average Bonchev–Trinajstić information content (AvgIpc) is 2.89. The van der Waals surface area contributed by atoms with Crippen LogP contribution in [0.25, 0.3) is 11.1 Å². The number of nitrogens with two attached hydrogens (primary N) is 1. The molecule has 2 heteroatoms. The number of nitrogens with zero attached hydrogens (tertiary/aromatic N) is 1. The fraction of sp³-hybridized carbons (Fsp3) is 0.368. The molecule has 1 heterocycles. The van der Waals surface area contributed by atoms with Crippen LogP contribution in [0.1, 0.15) is 36.4 Å². The van der Waals surface area contributed by atoms with E-state index in [1.165, 1.54) is 41.5 Å². The lowest BCUT2D eigenvalue weighted by Crippen LogP contribution is -2.45. The van der Waals surface area contributed by atoms with Crippen molar-refractivity contribution in [2.75, 3.05) is 13.1 Å². The lowest BCUT2D eigenvalue weighted by molar-refractivity contribution is 0.120. The van der Waals surface area contributed by atoms with Crippen LogP contribution in [-0.2, 0) is 0 Å². The Morgan fingerprint density at radius 1 is 0.905 bits per heavy atom. The van der Waals surface area contributed by atoms with E-state index in [0.29, 0.717) is 12.1 Å². The molecule has 0 spiro atoms. The molecule has 4 rings (SSSR count). The molecular formula is C19H22N2. The van der Waals surface area contributed by atoms with Crippen molar-refractivity contribution in [1.29, 1.82) is 0 Å². The molecule has 2 aromatic carbocycles. The van der Waals surface area contributed by atoms with E-state index < -0.39 is 0 Å². The van der Waals surface area contributed by atoms with Gasteiger partial charge in [-0.25, -0.2) is 0 Å². The van der Waals surface area contributed by atoms with Gasteiger partial charge in [0.05, 0.1) is 6.04 Å². The molecule has 2 aromatic rings. The smallest absolute Gasteiger partial charge is 0.0616 e. The Morgan fingerprint density at radius 3 is 2.14 bits per heavy atom. The summed E-state index contributed by atoms with van der Waals surface area (Å²) in [6.07, 6.45) is 3.84. The van der Waals surface area contributed by atoms with E-state index in [4.69, 9.17) is 5.73 Å². The lowest BCUT2D eigenvalue weighted by atomic mass is 9.95. The molecule has 1 aliphatic carbocycles. The summed E-state index contributed by atoms with van der Waals surface area (Å²) in [6, 6.07) is 18.6. The van der Waals surface area contributed by atoms with Crippen LogP contribution in [-0.4, -0.2) is 24.0 Å². The fourth-order valence-electron chi connectivity index (χ4n) is 4.10. The minimum atomic E-state index is 0.395. The molecular weight excluding hydrogens is 256 g/mol. The third-order valence-electron chi connectivity index (χ3n) is 5.08. The maximum atomic E-state index is 6.06. The number of likely N-dealkylation sites (tertiary alicyclic amines) is 1. The highest BCUT2D eigenvalue weighted by atomic mass is 15.2. The molecule has 1 unspecified atom stereocenters. The van der Waals surface area contributed by atoms with Crippen LogP contribution in [0.15, 0.2) is 48.5 Å². The fourth-order valence-corrected chi connectivity index (χ4v) is 4.10. The van der Waals surface area contributed by atoms with Gasteiger partial charge in [0.2, 0.25) is 0 Å². The Hall–Kier alpha value is -1.64. The van der Waals surface area contributed by atoms with E-state index >= 15 is 0 Å². The van der Waals surface area contributed by atoms with Gasteiger partial charge < -0.3 is 5.73 Å². The molecule has 1 aliphatic heterocycles. The summed E-state index contributed by atoms with van der Waals surface area (Å²) in [6.45, 7) is 1.93. The molecule has 108 valence electrons. The average molecular weight is 278 g/mol. The molecule has 21 heavy (non-hydrogen) atoms. The van der Waals surface area contributed by atoms with Crippen LogP contribution < -0.4 is 5.73 Å². The van der Waals surface area contributed by atoms with E-state index in [0.717, 1.165) is 13.1 Å². The van der Waals surface area contributed by atoms with Gasteiger partial charge in [-0.2, -0.15) is 0 Å². The quantitative estimate of drug-likeness (QED) is 0.910. The van der Waals surface area contributed by atoms with Crippen LogP contribution >= 0.6 is 0 Å². The lowest BCUT2D eigenvalue weighted by Gasteiger charge is -2.40. The third-order valence-corrected chi connectivity index (χ3v) is 5.08. The summed E-state index contributed by atoms with van der Waals surface area (Å²) in [5.74, 6) is 0. The van der Waals surface area contributed by atoms with Gasteiger partial charge in [0.25, 0.3) is 0 Å². The molecule has 0 bridgehead atoms. The van der Waals surface area contributed by atoms with Crippen molar-refractivity contribution in [3.8, 4) is 11.1 Å². The number of hydrogen-bond acceptors (Lipinski definition) is 2. The summed E-state index contributed by atoms with van der Waals surface area (Å²) in [5, 5.41) is 0. The molecule has 0 aromatic heterocycles. The minimum Gasteiger partial charge on any atom is -0.329 e. The van der Waals surface area contributed by atoms with Crippen LogP contribution in [0.5, 0.6) is 0 Å². The van der Waals surface area contributed by atoms with Gasteiger partial charge in [0.1, 0.15) is 0 Å². The summed E-state index contributed by atoms with van der Waals surface area (Å²) < 4.78 is 0. The van der Waals surface area contributed by atoms with E-state index in [-0.39, 0.29) is 0 Å². The van der Waals surface area contributed by atoms with Crippen molar-refractivity contribution in [3.63, 3.8) is 0 Å². The Kier molecular flexibility index (Phi) is 3.28. The van der Waals surface area contributed by atoms with Gasteiger partial charge in [0.15, 0.2) is 0 Å². The first-order valence-corrected chi connectivity index (χ1v) is 8.04. The number of rotatable bonds is 2. The Bertz CT molecular complexity index is 604. The minimum absolute atomic E-state index is 0.395. The third kappa shape index (κ3) is 2.02. The van der Waals surface area contributed by atoms with Gasteiger partial charge in [-0.15, -0.1) is 0 Å². The standard InChI is InChI=1S/C19H22N2/c20-13-14-7-5-6-12-21(14)19-17-10-3-1-8-15(17)16-9-2-4-11-18(16)19/h1-4,8-11,14,19H,5-7,12-13,20H2. The monoisotopic (exact) mass is 278 g/mol. The topological polar surface area (TPSA) is 29.3 Å². The van der Waals surface area contributed by atoms with E-state index in [9.17, 15) is 0 Å². The maximum Gasteiger partial charge on any atom is 0.0616 e. The zero-order valence-electron chi connectivity index (χ0n) is 12.3. The van der Waals surface area contributed by atoms with Crippen LogP contribution in [0.2, 0.25) is 0 Å². The van der Waals surface area contributed by atoms with Crippen molar-refractivity contribution in [2.24, 2.45) is 5.73 Å². The van der Waals surface area contributed by atoms with E-state index in [2.05, 4.69) is 53.4 Å². The Morgan fingerprint density at radius 2 is 1.52 bits per heavy atom.